The van der Waals surface area contributed by atoms with Crippen molar-refractivity contribution in [3.05, 3.63) is 216 Å². The summed E-state index contributed by atoms with van der Waals surface area (Å²) in [7, 11) is 0. The van der Waals surface area contributed by atoms with Gasteiger partial charge in [-0.25, -0.2) is 0 Å². The van der Waals surface area contributed by atoms with E-state index < -0.39 is 5.41 Å². The minimum absolute atomic E-state index is 0.565. The first kappa shape index (κ1) is 32.8. The van der Waals surface area contributed by atoms with E-state index in [4.69, 9.17) is 14.7 Å². The van der Waals surface area contributed by atoms with E-state index in [1.807, 2.05) is 36.7 Å². The Morgan fingerprint density at radius 2 is 0.967 bits per heavy atom. The van der Waals surface area contributed by atoms with E-state index in [2.05, 4.69) is 167 Å². The molecule has 0 fully saturated rings. The van der Waals surface area contributed by atoms with E-state index >= 15 is 0 Å². The average molecular weight is 766 g/mol. The number of nitriles is 1. The third-order valence-electron chi connectivity index (χ3n) is 12.7. The summed E-state index contributed by atoms with van der Waals surface area (Å²) in [6.45, 7) is 0. The van der Waals surface area contributed by atoms with E-state index in [0.717, 1.165) is 111 Å². The van der Waals surface area contributed by atoms with E-state index in [0.29, 0.717) is 5.56 Å². The third kappa shape index (κ3) is 4.20. The van der Waals surface area contributed by atoms with Gasteiger partial charge in [0.25, 0.3) is 0 Å². The zero-order chi connectivity index (χ0) is 39.5. The fourth-order valence-corrected chi connectivity index (χ4v) is 10.4. The molecule has 1 spiro atoms. The summed E-state index contributed by atoms with van der Waals surface area (Å²) in [5.41, 5.74) is 13.5. The molecule has 0 saturated heterocycles. The lowest BCUT2D eigenvalue weighted by Crippen LogP contribution is -2.32. The summed E-state index contributed by atoms with van der Waals surface area (Å²) in [5, 5.41) is 15.9. The number of hydrogen-bond donors (Lipinski definition) is 0. The van der Waals surface area contributed by atoms with Crippen LogP contribution >= 0.6 is 0 Å². The Hall–Kier alpha value is -8.27. The molecule has 6 heteroatoms. The van der Waals surface area contributed by atoms with Crippen LogP contribution in [0.15, 0.2) is 188 Å². The highest BCUT2D eigenvalue weighted by Crippen LogP contribution is 2.61. The fraction of sp³-hybridized carbons (Fsp3) is 0.0185. The van der Waals surface area contributed by atoms with Crippen LogP contribution in [-0.4, -0.2) is 19.1 Å². The van der Waals surface area contributed by atoms with Crippen LogP contribution in [0, 0.1) is 11.3 Å². The van der Waals surface area contributed by atoms with Crippen molar-refractivity contribution in [1.29, 1.82) is 5.26 Å². The summed E-state index contributed by atoms with van der Waals surface area (Å²) >= 11 is 0. The molecule has 1 aliphatic carbocycles. The van der Waals surface area contributed by atoms with Crippen LogP contribution < -0.4 is 4.74 Å². The molecule has 11 aromatic rings. The molecule has 0 radical (unpaired) electrons. The summed E-state index contributed by atoms with van der Waals surface area (Å²) < 4.78 is 11.4. The SMILES string of the molecule is N#Cc1cc(-n2c3ccccc3c3ccccc32)cc(-c2ccc3c(c2)C2(c4ccccc4O3)c3cccnc3-c3ncccc32)c1-n1c2ccccc2c2ccccc21. The van der Waals surface area contributed by atoms with Gasteiger partial charge in [0.2, 0.25) is 0 Å². The molecule has 0 unspecified atom stereocenters. The molecule has 5 heterocycles. The van der Waals surface area contributed by atoms with Crippen LogP contribution in [0.1, 0.15) is 27.8 Å². The van der Waals surface area contributed by atoms with E-state index in [9.17, 15) is 5.26 Å². The third-order valence-corrected chi connectivity index (χ3v) is 12.7. The van der Waals surface area contributed by atoms with Gasteiger partial charge in [0, 0.05) is 56.3 Å². The number of benzene rings is 7. The second-order valence-electron chi connectivity index (χ2n) is 15.6. The van der Waals surface area contributed by atoms with Gasteiger partial charge in [-0.1, -0.05) is 109 Å². The van der Waals surface area contributed by atoms with E-state index in [1.165, 1.54) is 0 Å². The Balaban J connectivity index is 1.17. The van der Waals surface area contributed by atoms with Crippen LogP contribution in [0.3, 0.4) is 0 Å². The lowest BCUT2D eigenvalue weighted by molar-refractivity contribution is 0.436. The van der Waals surface area contributed by atoms with Crippen molar-refractivity contribution < 1.29 is 4.74 Å². The summed E-state index contributed by atoms with van der Waals surface area (Å²) in [5.74, 6) is 1.57. The second kappa shape index (κ2) is 12.1. The van der Waals surface area contributed by atoms with Gasteiger partial charge in [-0.2, -0.15) is 5.26 Å². The first-order valence-electron chi connectivity index (χ1n) is 20.1. The predicted molar refractivity (Wildman–Crippen MR) is 238 cm³/mol. The van der Waals surface area contributed by atoms with Gasteiger partial charge >= 0.3 is 0 Å². The van der Waals surface area contributed by atoms with E-state index in [-0.39, 0.29) is 0 Å². The van der Waals surface area contributed by atoms with Crippen molar-refractivity contribution in [3.8, 4) is 51.5 Å². The molecule has 0 atom stereocenters. The van der Waals surface area contributed by atoms with Gasteiger partial charge in [-0.3, -0.25) is 9.97 Å². The Morgan fingerprint density at radius 1 is 0.467 bits per heavy atom. The van der Waals surface area contributed by atoms with E-state index in [1.54, 1.807) is 0 Å². The zero-order valence-electron chi connectivity index (χ0n) is 32.0. The van der Waals surface area contributed by atoms with Gasteiger partial charge in [0.05, 0.1) is 50.1 Å². The highest BCUT2D eigenvalue weighted by molar-refractivity contribution is 6.11. The smallest absolute Gasteiger partial charge is 0.132 e. The Labute approximate surface area is 344 Å². The molecule has 13 rings (SSSR count). The van der Waals surface area contributed by atoms with Crippen LogP contribution in [0.25, 0.3) is 77.5 Å². The number of ether oxygens (including phenoxy) is 1. The molecule has 60 heavy (non-hydrogen) atoms. The quantitative estimate of drug-likeness (QED) is 0.180. The van der Waals surface area contributed by atoms with Crippen LogP contribution in [0.2, 0.25) is 0 Å². The number of nitrogens with zero attached hydrogens (tertiary/aromatic N) is 5. The predicted octanol–water partition coefficient (Wildman–Crippen LogP) is 12.7. The first-order chi connectivity index (χ1) is 29.7. The monoisotopic (exact) mass is 765 g/mol. The van der Waals surface area contributed by atoms with Gasteiger partial charge in [0.15, 0.2) is 0 Å². The normalized spacial score (nSPS) is 13.2. The topological polar surface area (TPSA) is 68.7 Å². The van der Waals surface area contributed by atoms with Gasteiger partial charge in [-0.05, 0) is 83.4 Å². The van der Waals surface area contributed by atoms with Crippen molar-refractivity contribution in [2.24, 2.45) is 0 Å². The molecule has 2 aliphatic rings. The largest absolute Gasteiger partial charge is 0.457 e. The summed E-state index contributed by atoms with van der Waals surface area (Å²) in [6, 6.07) is 64.2. The molecule has 0 saturated carbocycles. The lowest BCUT2D eigenvalue weighted by Gasteiger charge is -2.39. The minimum Gasteiger partial charge on any atom is -0.457 e. The molecule has 7 aromatic carbocycles. The van der Waals surface area contributed by atoms with Crippen molar-refractivity contribution in [2.75, 3.05) is 0 Å². The Bertz CT molecular complexity index is 3530. The molecule has 0 amide bonds. The van der Waals surface area contributed by atoms with Gasteiger partial charge in [0.1, 0.15) is 17.6 Å². The van der Waals surface area contributed by atoms with Crippen molar-refractivity contribution in [2.45, 2.75) is 5.41 Å². The lowest BCUT2D eigenvalue weighted by atomic mass is 9.66. The minimum atomic E-state index is -0.761. The molecule has 0 bridgehead atoms. The number of rotatable bonds is 3. The maximum atomic E-state index is 11.4. The van der Waals surface area contributed by atoms with Crippen LogP contribution in [0.4, 0.5) is 0 Å². The molecule has 1 aliphatic heterocycles. The fourth-order valence-electron chi connectivity index (χ4n) is 10.4. The average Bonchev–Trinajstić information content (AvgIpc) is 3.93. The van der Waals surface area contributed by atoms with Gasteiger partial charge < -0.3 is 13.9 Å². The Morgan fingerprint density at radius 3 is 1.55 bits per heavy atom. The standard InChI is InChI=1S/C54H31N5O/c55-32-34-29-35(58-45-20-6-1-13-36(45)37-14-2-7-21-46(37)58)31-40(53(34)59-47-22-8-3-15-38(47)39-16-4-9-23-48(39)59)33-25-26-50-44(30-33)54(41-17-5-10-24-49(41)60-50)42-18-11-27-56-51(42)52-43(54)19-12-28-57-52/h1-31H. The number of para-hydroxylation sites is 5. The molecule has 4 aromatic heterocycles. The van der Waals surface area contributed by atoms with Gasteiger partial charge in [-0.15, -0.1) is 0 Å². The van der Waals surface area contributed by atoms with Crippen LogP contribution in [0.5, 0.6) is 11.5 Å². The highest BCUT2D eigenvalue weighted by Gasteiger charge is 2.52. The molecule has 278 valence electrons. The maximum Gasteiger partial charge on any atom is 0.132 e. The molecular weight excluding hydrogens is 735 g/mol. The summed E-state index contributed by atoms with van der Waals surface area (Å²) in [6.07, 6.45) is 3.70. The number of aromatic nitrogens is 4. The molecule has 0 N–H and O–H groups in total. The molecular formula is C54H31N5O. The van der Waals surface area contributed by atoms with Crippen molar-refractivity contribution in [1.82, 2.24) is 19.1 Å². The molecule has 6 nitrogen and oxygen atoms in total. The summed E-state index contributed by atoms with van der Waals surface area (Å²) in [4.78, 5) is 9.90. The van der Waals surface area contributed by atoms with Crippen molar-refractivity contribution in [3.63, 3.8) is 0 Å². The highest BCUT2D eigenvalue weighted by atomic mass is 16.5. The number of hydrogen-bond acceptors (Lipinski definition) is 4. The van der Waals surface area contributed by atoms with Crippen molar-refractivity contribution >= 4 is 43.6 Å². The maximum absolute atomic E-state index is 11.4. The Kier molecular flexibility index (Phi) is 6.62. The number of pyridine rings is 2. The number of fused-ring (bicyclic) bond motifs is 15. The first-order valence-corrected chi connectivity index (χ1v) is 20.1. The van der Waals surface area contributed by atoms with Crippen LogP contribution in [-0.2, 0) is 5.41 Å². The zero-order valence-corrected chi connectivity index (χ0v) is 32.0. The second-order valence-corrected chi connectivity index (χ2v) is 15.6.